The summed E-state index contributed by atoms with van der Waals surface area (Å²) in [5, 5.41) is 3.33. The summed E-state index contributed by atoms with van der Waals surface area (Å²) in [7, 11) is -3.05. The highest BCUT2D eigenvalue weighted by atomic mass is 32.2. The van der Waals surface area contributed by atoms with Crippen molar-refractivity contribution in [3.8, 4) is 0 Å². The van der Waals surface area contributed by atoms with E-state index in [-0.39, 0.29) is 5.91 Å². The summed E-state index contributed by atoms with van der Waals surface area (Å²) in [6, 6.07) is 0. The van der Waals surface area contributed by atoms with E-state index >= 15 is 0 Å². The zero-order valence-corrected chi connectivity index (χ0v) is 12.4. The lowest BCUT2D eigenvalue weighted by atomic mass is 10.00. The van der Waals surface area contributed by atoms with Gasteiger partial charge in [-0.05, 0) is 44.7 Å². The number of hydrogen-bond donors (Lipinski definition) is 2. The van der Waals surface area contributed by atoms with Gasteiger partial charge in [0.05, 0.1) is 6.26 Å². The molecule has 0 aromatic carbocycles. The topological polar surface area (TPSA) is 92.5 Å². The van der Waals surface area contributed by atoms with Crippen LogP contribution in [0.2, 0.25) is 0 Å². The summed E-state index contributed by atoms with van der Waals surface area (Å²) in [6.45, 7) is 2.95. The number of nitrogens with one attached hydrogen (secondary N) is 1. The van der Waals surface area contributed by atoms with E-state index < -0.39 is 10.0 Å². The Labute approximate surface area is 115 Å². The molecule has 1 rings (SSSR count). The van der Waals surface area contributed by atoms with E-state index in [9.17, 15) is 13.2 Å². The molecule has 0 aromatic heterocycles. The van der Waals surface area contributed by atoms with Gasteiger partial charge < -0.3 is 11.1 Å². The molecule has 0 aliphatic carbocycles. The first-order chi connectivity index (χ1) is 8.89. The Morgan fingerprint density at radius 1 is 1.42 bits per heavy atom. The lowest BCUT2D eigenvalue weighted by Crippen LogP contribution is -2.42. The largest absolute Gasteiger partial charge is 0.370 e. The van der Waals surface area contributed by atoms with Crippen LogP contribution in [0.5, 0.6) is 0 Å². The van der Waals surface area contributed by atoms with Crippen molar-refractivity contribution in [1.82, 2.24) is 9.62 Å². The Kier molecular flexibility index (Phi) is 6.74. The molecule has 0 aromatic rings. The van der Waals surface area contributed by atoms with E-state index in [4.69, 9.17) is 5.73 Å². The number of sulfonamides is 1. The number of primary amides is 1. The zero-order chi connectivity index (χ0) is 14.3. The average Bonchev–Trinajstić information content (AvgIpc) is 2.32. The van der Waals surface area contributed by atoms with Gasteiger partial charge in [-0.3, -0.25) is 4.79 Å². The summed E-state index contributed by atoms with van der Waals surface area (Å²) >= 11 is 0. The molecule has 0 bridgehead atoms. The van der Waals surface area contributed by atoms with Crippen LogP contribution in [0, 0.1) is 5.92 Å². The molecular formula is C12H25N3O3S. The highest BCUT2D eigenvalue weighted by Crippen LogP contribution is 2.17. The van der Waals surface area contributed by atoms with Crippen molar-refractivity contribution >= 4 is 15.9 Å². The molecule has 7 heteroatoms. The molecule has 1 fully saturated rings. The number of carbonyl (C=O) groups excluding carboxylic acids is 1. The fourth-order valence-corrected chi connectivity index (χ4v) is 3.29. The van der Waals surface area contributed by atoms with Gasteiger partial charge in [-0.25, -0.2) is 12.7 Å². The van der Waals surface area contributed by atoms with Crippen molar-refractivity contribution in [3.05, 3.63) is 0 Å². The molecule has 1 heterocycles. The third kappa shape index (κ3) is 6.89. The minimum atomic E-state index is -3.05. The van der Waals surface area contributed by atoms with Crippen LogP contribution >= 0.6 is 0 Å². The van der Waals surface area contributed by atoms with Crippen LogP contribution in [0.25, 0.3) is 0 Å². The van der Waals surface area contributed by atoms with Crippen molar-refractivity contribution in [2.75, 3.05) is 32.4 Å². The molecule has 112 valence electrons. The van der Waals surface area contributed by atoms with E-state index in [1.165, 1.54) is 6.26 Å². The van der Waals surface area contributed by atoms with Gasteiger partial charge in [0.1, 0.15) is 0 Å². The number of hydrogen-bond acceptors (Lipinski definition) is 4. The van der Waals surface area contributed by atoms with Gasteiger partial charge >= 0.3 is 0 Å². The molecule has 1 amide bonds. The minimum Gasteiger partial charge on any atom is -0.370 e. The Bertz CT molecular complexity index is 384. The number of piperidine rings is 1. The number of nitrogens with zero attached hydrogens (tertiary/aromatic N) is 1. The van der Waals surface area contributed by atoms with E-state index in [2.05, 4.69) is 5.32 Å². The Balaban J connectivity index is 2.14. The van der Waals surface area contributed by atoms with Gasteiger partial charge in [0.2, 0.25) is 15.9 Å². The van der Waals surface area contributed by atoms with Crippen LogP contribution < -0.4 is 11.1 Å². The van der Waals surface area contributed by atoms with E-state index in [0.29, 0.717) is 25.4 Å². The Morgan fingerprint density at radius 3 is 2.79 bits per heavy atom. The predicted octanol–water partition coefficient (Wildman–Crippen LogP) is -0.0968. The second kappa shape index (κ2) is 7.81. The van der Waals surface area contributed by atoms with Gasteiger partial charge in [0.15, 0.2) is 0 Å². The maximum atomic E-state index is 11.5. The molecule has 19 heavy (non-hydrogen) atoms. The van der Waals surface area contributed by atoms with Gasteiger partial charge in [0.25, 0.3) is 0 Å². The SMILES string of the molecule is CS(=O)(=O)N1CCCC(CNCCCCC(N)=O)C1. The normalized spacial score (nSPS) is 21.4. The highest BCUT2D eigenvalue weighted by Gasteiger charge is 2.25. The minimum absolute atomic E-state index is 0.254. The van der Waals surface area contributed by atoms with E-state index in [1.54, 1.807) is 4.31 Å². The van der Waals surface area contributed by atoms with Crippen molar-refractivity contribution < 1.29 is 13.2 Å². The van der Waals surface area contributed by atoms with Crippen molar-refractivity contribution in [2.24, 2.45) is 11.7 Å². The molecule has 6 nitrogen and oxygen atoms in total. The number of nitrogens with two attached hydrogens (primary N) is 1. The maximum absolute atomic E-state index is 11.5. The second-order valence-electron chi connectivity index (χ2n) is 5.26. The standard InChI is InChI=1S/C12H25N3O3S/c1-19(17,18)15-8-4-5-11(10-15)9-14-7-3-2-6-12(13)16/h11,14H,2-10H2,1H3,(H2,13,16). The first-order valence-electron chi connectivity index (χ1n) is 6.83. The monoisotopic (exact) mass is 291 g/mol. The number of amides is 1. The highest BCUT2D eigenvalue weighted by molar-refractivity contribution is 7.88. The molecule has 1 aliphatic rings. The van der Waals surface area contributed by atoms with Crippen LogP contribution in [0.3, 0.4) is 0 Å². The number of carbonyl (C=O) groups is 1. The molecule has 3 N–H and O–H groups in total. The summed E-state index contributed by atoms with van der Waals surface area (Å²) in [5.41, 5.74) is 5.06. The van der Waals surface area contributed by atoms with E-state index in [1.807, 2.05) is 0 Å². The first kappa shape index (κ1) is 16.4. The van der Waals surface area contributed by atoms with Crippen LogP contribution in [0.4, 0.5) is 0 Å². The summed E-state index contributed by atoms with van der Waals surface area (Å²) < 4.78 is 24.5. The number of rotatable bonds is 8. The van der Waals surface area contributed by atoms with Crippen molar-refractivity contribution in [1.29, 1.82) is 0 Å². The number of unbranched alkanes of at least 4 members (excludes halogenated alkanes) is 1. The van der Waals surface area contributed by atoms with Gasteiger partial charge in [-0.15, -0.1) is 0 Å². The summed E-state index contributed by atoms with van der Waals surface area (Å²) in [4.78, 5) is 10.5. The average molecular weight is 291 g/mol. The van der Waals surface area contributed by atoms with Crippen LogP contribution in [-0.4, -0.2) is 51.1 Å². The third-order valence-corrected chi connectivity index (χ3v) is 4.68. The van der Waals surface area contributed by atoms with Crippen LogP contribution in [-0.2, 0) is 14.8 Å². The zero-order valence-electron chi connectivity index (χ0n) is 11.6. The van der Waals surface area contributed by atoms with Gasteiger partial charge in [-0.1, -0.05) is 0 Å². The molecule has 0 spiro atoms. The maximum Gasteiger partial charge on any atom is 0.217 e. The molecule has 1 saturated heterocycles. The lowest BCUT2D eigenvalue weighted by Gasteiger charge is -2.31. The molecular weight excluding hydrogens is 266 g/mol. The predicted molar refractivity (Wildman–Crippen MR) is 75.1 cm³/mol. The van der Waals surface area contributed by atoms with Crippen LogP contribution in [0.15, 0.2) is 0 Å². The third-order valence-electron chi connectivity index (χ3n) is 3.41. The molecule has 1 aliphatic heterocycles. The molecule has 0 radical (unpaired) electrons. The Morgan fingerprint density at radius 2 is 2.16 bits per heavy atom. The van der Waals surface area contributed by atoms with E-state index in [0.717, 1.165) is 38.8 Å². The van der Waals surface area contributed by atoms with Gasteiger partial charge in [0, 0.05) is 19.5 Å². The Hall–Kier alpha value is -0.660. The van der Waals surface area contributed by atoms with Crippen LogP contribution in [0.1, 0.15) is 32.1 Å². The lowest BCUT2D eigenvalue weighted by molar-refractivity contribution is -0.118. The van der Waals surface area contributed by atoms with Crippen molar-refractivity contribution in [2.45, 2.75) is 32.1 Å². The fourth-order valence-electron chi connectivity index (χ4n) is 2.35. The molecule has 1 unspecified atom stereocenters. The fraction of sp³-hybridized carbons (Fsp3) is 0.917. The smallest absolute Gasteiger partial charge is 0.217 e. The summed E-state index contributed by atoms with van der Waals surface area (Å²) in [5.74, 6) is 0.135. The summed E-state index contributed by atoms with van der Waals surface area (Å²) in [6.07, 6.45) is 5.44. The molecule has 1 atom stereocenters. The van der Waals surface area contributed by atoms with Gasteiger partial charge in [-0.2, -0.15) is 0 Å². The van der Waals surface area contributed by atoms with Crippen molar-refractivity contribution in [3.63, 3.8) is 0 Å². The second-order valence-corrected chi connectivity index (χ2v) is 7.24. The quantitative estimate of drug-likeness (QED) is 0.611. The first-order valence-corrected chi connectivity index (χ1v) is 8.68. The molecule has 0 saturated carbocycles.